The van der Waals surface area contributed by atoms with Crippen LogP contribution in [0.1, 0.15) is 62.9 Å². The molecule has 8 heteroatoms. The molecule has 2 aromatic carbocycles. The number of carbonyl (C=O) groups excluding carboxylic acids is 1. The van der Waals surface area contributed by atoms with Gasteiger partial charge in [-0.3, -0.25) is 4.79 Å². The van der Waals surface area contributed by atoms with E-state index in [9.17, 15) is 23.8 Å². The van der Waals surface area contributed by atoms with E-state index in [0.29, 0.717) is 42.9 Å². The number of halogens is 2. The number of hydrogen-bond acceptors (Lipinski definition) is 4. The van der Waals surface area contributed by atoms with Gasteiger partial charge in [0.25, 0.3) is 0 Å². The van der Waals surface area contributed by atoms with Crippen molar-refractivity contribution in [2.75, 3.05) is 0 Å². The van der Waals surface area contributed by atoms with E-state index in [4.69, 9.17) is 4.98 Å². The number of nitrogens with one attached hydrogen (secondary N) is 1. The van der Waals surface area contributed by atoms with Crippen LogP contribution >= 0.6 is 0 Å². The number of imidazole rings is 1. The zero-order valence-electron chi connectivity index (χ0n) is 21.0. The summed E-state index contributed by atoms with van der Waals surface area (Å²) in [5, 5.41) is 23.3. The molecule has 3 rings (SSSR count). The maximum atomic E-state index is 13.6. The molecule has 1 heterocycles. The molecule has 0 aliphatic carbocycles. The summed E-state index contributed by atoms with van der Waals surface area (Å²) in [6, 6.07) is 11.9. The Bertz CT molecular complexity index is 1130. The lowest BCUT2D eigenvalue weighted by atomic mass is 10.1. The molecule has 194 valence electrons. The fraction of sp³-hybridized carbons (Fsp3) is 0.429. The first-order valence-corrected chi connectivity index (χ1v) is 12.4. The Morgan fingerprint density at radius 3 is 2.19 bits per heavy atom. The molecule has 0 saturated heterocycles. The van der Waals surface area contributed by atoms with Crippen LogP contribution in [0.3, 0.4) is 0 Å². The highest BCUT2D eigenvalue weighted by Gasteiger charge is 2.22. The number of benzene rings is 2. The predicted molar refractivity (Wildman–Crippen MR) is 135 cm³/mol. The maximum Gasteiger partial charge on any atom is 0.224 e. The van der Waals surface area contributed by atoms with E-state index in [1.54, 1.807) is 24.3 Å². The van der Waals surface area contributed by atoms with Gasteiger partial charge in [0.1, 0.15) is 17.5 Å². The van der Waals surface area contributed by atoms with Crippen molar-refractivity contribution in [3.05, 3.63) is 77.1 Å². The van der Waals surface area contributed by atoms with Crippen LogP contribution in [0.2, 0.25) is 0 Å². The Labute approximate surface area is 211 Å². The molecular formula is C28H35F2N3O3. The number of aliphatic hydroxyl groups excluding tert-OH is 2. The Hall–Kier alpha value is -3.10. The molecule has 0 spiro atoms. The molecule has 0 bridgehead atoms. The molecule has 1 aromatic heterocycles. The first-order valence-electron chi connectivity index (χ1n) is 12.4. The molecule has 36 heavy (non-hydrogen) atoms. The summed E-state index contributed by atoms with van der Waals surface area (Å²) in [4.78, 5) is 17.4. The Morgan fingerprint density at radius 1 is 1.00 bits per heavy atom. The zero-order chi connectivity index (χ0) is 26.2. The topological polar surface area (TPSA) is 87.4 Å². The maximum absolute atomic E-state index is 13.6. The third-order valence-corrected chi connectivity index (χ3v) is 6.16. The van der Waals surface area contributed by atoms with Gasteiger partial charge in [-0.2, -0.15) is 0 Å². The summed E-state index contributed by atoms with van der Waals surface area (Å²) >= 11 is 0. The van der Waals surface area contributed by atoms with Gasteiger partial charge in [0, 0.05) is 17.8 Å². The lowest BCUT2D eigenvalue weighted by molar-refractivity contribution is -0.120. The fourth-order valence-corrected chi connectivity index (χ4v) is 4.25. The lowest BCUT2D eigenvalue weighted by Gasteiger charge is -2.19. The first-order chi connectivity index (χ1) is 17.2. The van der Waals surface area contributed by atoms with Crippen molar-refractivity contribution < 1.29 is 23.8 Å². The molecule has 0 radical (unpaired) electrons. The summed E-state index contributed by atoms with van der Waals surface area (Å²) in [6.07, 6.45) is 0.160. The summed E-state index contributed by atoms with van der Waals surface area (Å²) in [5.74, 6) is -0.218. The van der Waals surface area contributed by atoms with Crippen LogP contribution in [0.4, 0.5) is 8.78 Å². The van der Waals surface area contributed by atoms with Crippen LogP contribution < -0.4 is 5.32 Å². The number of rotatable bonds is 12. The monoisotopic (exact) mass is 499 g/mol. The molecule has 0 aliphatic rings. The molecule has 2 unspecified atom stereocenters. The second-order valence-electron chi connectivity index (χ2n) is 9.40. The number of amides is 1. The molecule has 0 saturated carbocycles. The molecule has 3 N–H and O–H groups in total. The minimum Gasteiger partial charge on any atom is -0.393 e. The quantitative estimate of drug-likeness (QED) is 0.337. The van der Waals surface area contributed by atoms with Crippen molar-refractivity contribution >= 4 is 5.91 Å². The summed E-state index contributed by atoms with van der Waals surface area (Å²) in [7, 11) is 0. The largest absolute Gasteiger partial charge is 0.393 e. The summed E-state index contributed by atoms with van der Waals surface area (Å²) in [5.41, 5.74) is 3.04. The van der Waals surface area contributed by atoms with Gasteiger partial charge in [-0.05, 0) is 67.1 Å². The fourth-order valence-electron chi connectivity index (χ4n) is 4.25. The van der Waals surface area contributed by atoms with Gasteiger partial charge < -0.3 is 20.1 Å². The highest BCUT2D eigenvalue weighted by atomic mass is 19.1. The third kappa shape index (κ3) is 7.45. The molecule has 2 atom stereocenters. The summed E-state index contributed by atoms with van der Waals surface area (Å²) in [6.45, 7) is 6.58. The van der Waals surface area contributed by atoms with Gasteiger partial charge in [0.05, 0.1) is 30.9 Å². The first kappa shape index (κ1) is 27.5. The van der Waals surface area contributed by atoms with Gasteiger partial charge in [0.2, 0.25) is 5.91 Å². The number of aromatic nitrogens is 2. The van der Waals surface area contributed by atoms with Crippen LogP contribution in [-0.2, 0) is 24.3 Å². The predicted octanol–water partition coefficient (Wildman–Crippen LogP) is 4.72. The van der Waals surface area contributed by atoms with Crippen LogP contribution in [0.15, 0.2) is 48.5 Å². The van der Waals surface area contributed by atoms with Crippen molar-refractivity contribution in [2.45, 2.75) is 77.7 Å². The van der Waals surface area contributed by atoms with Crippen LogP contribution in [0.25, 0.3) is 11.4 Å². The molecule has 0 aliphatic heterocycles. The van der Waals surface area contributed by atoms with Gasteiger partial charge >= 0.3 is 0 Å². The van der Waals surface area contributed by atoms with Crippen molar-refractivity contribution in [3.8, 4) is 11.4 Å². The number of carbonyl (C=O) groups is 1. The molecule has 1 amide bonds. The minimum absolute atomic E-state index is 0.0640. The van der Waals surface area contributed by atoms with Crippen LogP contribution in [0.5, 0.6) is 0 Å². The third-order valence-electron chi connectivity index (χ3n) is 6.16. The van der Waals surface area contributed by atoms with Crippen LogP contribution in [0, 0.1) is 11.6 Å². The minimum atomic E-state index is -0.678. The van der Waals surface area contributed by atoms with E-state index in [2.05, 4.69) is 5.32 Å². The average molecular weight is 500 g/mol. The SMILES string of the molecule is CCC(O)CC(O)CCn1c(-c2ccc(F)cc2)nc(CNC(=O)Cc2ccc(F)cc2)c1C(C)C. The highest BCUT2D eigenvalue weighted by molar-refractivity contribution is 5.78. The molecule has 6 nitrogen and oxygen atoms in total. The Morgan fingerprint density at radius 2 is 1.61 bits per heavy atom. The standard InChI is InChI=1S/C28H35F2N3O3/c1-4-23(34)16-24(35)13-14-33-27(18(2)3)25(32-28(33)20-7-11-22(30)12-8-20)17-31-26(36)15-19-5-9-21(29)10-6-19/h5-12,18,23-24,34-35H,4,13-17H2,1-3H3,(H,31,36). The second kappa shape index (κ2) is 12.7. The Balaban J connectivity index is 1.85. The van der Waals surface area contributed by atoms with E-state index in [0.717, 1.165) is 11.3 Å². The van der Waals surface area contributed by atoms with Gasteiger partial charge in [-0.1, -0.05) is 32.9 Å². The highest BCUT2D eigenvalue weighted by Crippen LogP contribution is 2.29. The van der Waals surface area contributed by atoms with Crippen molar-refractivity contribution in [2.24, 2.45) is 0 Å². The lowest BCUT2D eigenvalue weighted by Crippen LogP contribution is -2.25. The van der Waals surface area contributed by atoms with E-state index < -0.39 is 12.2 Å². The number of nitrogens with zero attached hydrogens (tertiary/aromatic N) is 2. The van der Waals surface area contributed by atoms with Crippen molar-refractivity contribution in [3.63, 3.8) is 0 Å². The van der Waals surface area contributed by atoms with Crippen LogP contribution in [-0.4, -0.2) is 37.9 Å². The van der Waals surface area contributed by atoms with E-state index in [1.165, 1.54) is 24.3 Å². The molecular weight excluding hydrogens is 464 g/mol. The van der Waals surface area contributed by atoms with Crippen molar-refractivity contribution in [1.82, 2.24) is 14.9 Å². The van der Waals surface area contributed by atoms with E-state index >= 15 is 0 Å². The molecule has 3 aromatic rings. The van der Waals surface area contributed by atoms with E-state index in [-0.39, 0.29) is 36.4 Å². The average Bonchev–Trinajstić information content (AvgIpc) is 3.22. The zero-order valence-corrected chi connectivity index (χ0v) is 21.0. The summed E-state index contributed by atoms with van der Waals surface area (Å²) < 4.78 is 28.7. The van der Waals surface area contributed by atoms with Gasteiger partial charge in [0.15, 0.2) is 0 Å². The normalized spacial score (nSPS) is 13.1. The van der Waals surface area contributed by atoms with Crippen molar-refractivity contribution in [1.29, 1.82) is 0 Å². The van der Waals surface area contributed by atoms with Gasteiger partial charge in [-0.25, -0.2) is 13.8 Å². The number of aliphatic hydroxyl groups is 2. The van der Waals surface area contributed by atoms with Gasteiger partial charge in [-0.15, -0.1) is 0 Å². The second-order valence-corrected chi connectivity index (χ2v) is 9.40. The Kier molecular flexibility index (Phi) is 9.73. The number of hydrogen-bond donors (Lipinski definition) is 3. The molecule has 0 fully saturated rings. The van der Waals surface area contributed by atoms with E-state index in [1.807, 2.05) is 25.3 Å². The smallest absolute Gasteiger partial charge is 0.224 e.